The van der Waals surface area contributed by atoms with Crippen LogP contribution in [-0.2, 0) is 0 Å². The molecule has 0 aromatic heterocycles. The smallest absolute Gasteiger partial charge is 0.343 e. The molecule has 0 radical (unpaired) electrons. The van der Waals surface area contributed by atoms with E-state index in [-0.39, 0.29) is 5.57 Å². The highest BCUT2D eigenvalue weighted by atomic mass is 16.5. The number of hydrogen-bond donors (Lipinski definition) is 0. The highest BCUT2D eigenvalue weighted by Gasteiger charge is 2.07. The summed E-state index contributed by atoms with van der Waals surface area (Å²) in [6.45, 7) is 0. The van der Waals surface area contributed by atoms with Crippen molar-refractivity contribution in [2.45, 2.75) is 0 Å². The molecule has 21 heavy (non-hydrogen) atoms. The van der Waals surface area contributed by atoms with Gasteiger partial charge in [0.15, 0.2) is 0 Å². The average Bonchev–Trinajstić information content (AvgIpc) is 2.55. The molecule has 0 N–H and O–H groups in total. The molecule has 2 aromatic rings. The molecule has 4 heteroatoms. The fraction of sp³-hybridized carbons (Fsp3) is 0. The first-order valence-electron chi connectivity index (χ1n) is 6.12. The molecule has 0 aliphatic carbocycles. The Labute approximate surface area is 122 Å². The molecular formula is C17H10N2O2. The number of carbonyl (C=O) groups is 1. The zero-order valence-electron chi connectivity index (χ0n) is 11.0. The van der Waals surface area contributed by atoms with Crippen LogP contribution in [0.2, 0.25) is 0 Å². The Bertz CT molecular complexity index is 732. The lowest BCUT2D eigenvalue weighted by atomic mass is 10.1. The lowest BCUT2D eigenvalue weighted by molar-refractivity contribution is 0.0735. The van der Waals surface area contributed by atoms with Gasteiger partial charge in [-0.25, -0.2) is 4.79 Å². The summed E-state index contributed by atoms with van der Waals surface area (Å²) in [6.07, 6.45) is 1.46. The SMILES string of the molecule is N#CC(C#N)=Cc1ccc(OC(=O)c2ccccc2)cc1. The van der Waals surface area contributed by atoms with Crippen LogP contribution in [0.4, 0.5) is 0 Å². The Morgan fingerprint density at radius 2 is 1.57 bits per heavy atom. The van der Waals surface area contributed by atoms with Gasteiger partial charge in [-0.2, -0.15) is 10.5 Å². The van der Waals surface area contributed by atoms with Gasteiger partial charge < -0.3 is 4.74 Å². The first-order chi connectivity index (χ1) is 10.2. The number of benzene rings is 2. The third kappa shape index (κ3) is 3.79. The van der Waals surface area contributed by atoms with Crippen LogP contribution in [0.5, 0.6) is 5.75 Å². The number of rotatable bonds is 3. The molecule has 0 saturated carbocycles. The minimum Gasteiger partial charge on any atom is -0.423 e. The van der Waals surface area contributed by atoms with E-state index in [1.165, 1.54) is 6.08 Å². The largest absolute Gasteiger partial charge is 0.423 e. The van der Waals surface area contributed by atoms with Crippen molar-refractivity contribution < 1.29 is 9.53 Å². The van der Waals surface area contributed by atoms with Crippen LogP contribution in [-0.4, -0.2) is 5.97 Å². The Balaban J connectivity index is 2.11. The van der Waals surface area contributed by atoms with Gasteiger partial charge in [0, 0.05) is 0 Å². The molecule has 2 aromatic carbocycles. The second kappa shape index (κ2) is 6.70. The van der Waals surface area contributed by atoms with Crippen LogP contribution in [0.15, 0.2) is 60.2 Å². The topological polar surface area (TPSA) is 73.9 Å². The van der Waals surface area contributed by atoms with Gasteiger partial charge in [-0.05, 0) is 35.9 Å². The molecule has 0 saturated heterocycles. The number of ether oxygens (including phenoxy) is 1. The zero-order chi connectivity index (χ0) is 15.1. The van der Waals surface area contributed by atoms with E-state index < -0.39 is 5.97 Å². The summed E-state index contributed by atoms with van der Waals surface area (Å²) in [4.78, 5) is 11.8. The molecular weight excluding hydrogens is 264 g/mol. The average molecular weight is 274 g/mol. The minimum absolute atomic E-state index is 0.0176. The molecule has 100 valence electrons. The normalized spacial score (nSPS) is 9.05. The third-order valence-corrected chi connectivity index (χ3v) is 2.65. The van der Waals surface area contributed by atoms with Gasteiger partial charge in [0.05, 0.1) is 5.56 Å². The van der Waals surface area contributed by atoms with Crippen molar-refractivity contribution in [1.29, 1.82) is 10.5 Å². The van der Waals surface area contributed by atoms with Gasteiger partial charge in [0.1, 0.15) is 23.5 Å². The summed E-state index contributed by atoms with van der Waals surface area (Å²) in [6, 6.07) is 18.8. The van der Waals surface area contributed by atoms with Crippen molar-refractivity contribution in [2.75, 3.05) is 0 Å². The van der Waals surface area contributed by atoms with E-state index in [9.17, 15) is 4.79 Å². The van der Waals surface area contributed by atoms with Crippen LogP contribution >= 0.6 is 0 Å². The van der Waals surface area contributed by atoms with Gasteiger partial charge in [-0.1, -0.05) is 30.3 Å². The van der Waals surface area contributed by atoms with E-state index >= 15 is 0 Å². The number of nitriles is 2. The summed E-state index contributed by atoms with van der Waals surface area (Å²) >= 11 is 0. The Morgan fingerprint density at radius 3 is 2.14 bits per heavy atom. The van der Waals surface area contributed by atoms with Crippen LogP contribution in [0.25, 0.3) is 6.08 Å². The summed E-state index contributed by atoms with van der Waals surface area (Å²) in [5.74, 6) is -0.0369. The van der Waals surface area contributed by atoms with Gasteiger partial charge in [0.2, 0.25) is 0 Å². The highest BCUT2D eigenvalue weighted by Crippen LogP contribution is 2.16. The van der Waals surface area contributed by atoms with Gasteiger partial charge in [0.25, 0.3) is 0 Å². The summed E-state index contributed by atoms with van der Waals surface area (Å²) in [5, 5.41) is 17.4. The van der Waals surface area contributed by atoms with E-state index in [1.807, 2.05) is 6.07 Å². The Morgan fingerprint density at radius 1 is 0.952 bits per heavy atom. The zero-order valence-corrected chi connectivity index (χ0v) is 11.0. The lowest BCUT2D eigenvalue weighted by Gasteiger charge is -2.04. The number of hydrogen-bond acceptors (Lipinski definition) is 4. The fourth-order valence-corrected chi connectivity index (χ4v) is 1.63. The Hall–Kier alpha value is -3.37. The maximum absolute atomic E-state index is 11.8. The molecule has 0 amide bonds. The van der Waals surface area contributed by atoms with Crippen molar-refractivity contribution in [3.63, 3.8) is 0 Å². The first kappa shape index (κ1) is 14.0. The predicted octanol–water partition coefficient (Wildman–Crippen LogP) is 3.34. The summed E-state index contributed by atoms with van der Waals surface area (Å²) < 4.78 is 5.22. The van der Waals surface area contributed by atoms with Crippen LogP contribution < -0.4 is 4.74 Å². The van der Waals surface area contributed by atoms with Crippen LogP contribution in [0, 0.1) is 22.7 Å². The number of esters is 1. The van der Waals surface area contributed by atoms with E-state index in [2.05, 4.69) is 0 Å². The standard InChI is InChI=1S/C17H10N2O2/c18-11-14(12-19)10-13-6-8-16(9-7-13)21-17(20)15-4-2-1-3-5-15/h1-10H. The second-order valence-electron chi connectivity index (χ2n) is 4.11. The van der Waals surface area contributed by atoms with Crippen molar-refractivity contribution in [2.24, 2.45) is 0 Å². The van der Waals surface area contributed by atoms with Gasteiger partial charge in [-0.15, -0.1) is 0 Å². The first-order valence-corrected chi connectivity index (χ1v) is 6.12. The molecule has 0 spiro atoms. The van der Waals surface area contributed by atoms with Crippen molar-refractivity contribution in [3.05, 3.63) is 71.3 Å². The fourth-order valence-electron chi connectivity index (χ4n) is 1.63. The predicted molar refractivity (Wildman–Crippen MR) is 77.0 cm³/mol. The minimum atomic E-state index is -0.436. The molecule has 0 unspecified atom stereocenters. The van der Waals surface area contributed by atoms with Gasteiger partial charge in [-0.3, -0.25) is 0 Å². The Kier molecular flexibility index (Phi) is 4.48. The molecule has 0 aliphatic heterocycles. The van der Waals surface area contributed by atoms with Gasteiger partial charge >= 0.3 is 5.97 Å². The number of allylic oxidation sites excluding steroid dienone is 1. The lowest BCUT2D eigenvalue weighted by Crippen LogP contribution is -2.07. The molecule has 0 bridgehead atoms. The van der Waals surface area contributed by atoms with Crippen molar-refractivity contribution in [3.8, 4) is 17.9 Å². The van der Waals surface area contributed by atoms with Crippen molar-refractivity contribution >= 4 is 12.0 Å². The number of carbonyl (C=O) groups excluding carboxylic acids is 1. The van der Waals surface area contributed by atoms with E-state index in [1.54, 1.807) is 60.7 Å². The molecule has 0 fully saturated rings. The van der Waals surface area contributed by atoms with E-state index in [4.69, 9.17) is 15.3 Å². The molecule has 2 rings (SSSR count). The maximum Gasteiger partial charge on any atom is 0.343 e. The van der Waals surface area contributed by atoms with E-state index in [0.29, 0.717) is 16.9 Å². The van der Waals surface area contributed by atoms with E-state index in [0.717, 1.165) is 0 Å². The quantitative estimate of drug-likeness (QED) is 0.488. The molecule has 0 heterocycles. The molecule has 4 nitrogen and oxygen atoms in total. The maximum atomic E-state index is 11.8. The van der Waals surface area contributed by atoms with Crippen LogP contribution in [0.1, 0.15) is 15.9 Å². The monoisotopic (exact) mass is 274 g/mol. The highest BCUT2D eigenvalue weighted by molar-refractivity contribution is 5.90. The molecule has 0 aliphatic rings. The summed E-state index contributed by atoms with van der Waals surface area (Å²) in [7, 11) is 0. The number of nitrogens with zero attached hydrogens (tertiary/aromatic N) is 2. The third-order valence-electron chi connectivity index (χ3n) is 2.65. The molecule has 0 atom stereocenters. The van der Waals surface area contributed by atoms with Crippen LogP contribution in [0.3, 0.4) is 0 Å². The second-order valence-corrected chi connectivity index (χ2v) is 4.11. The van der Waals surface area contributed by atoms with Crippen molar-refractivity contribution in [1.82, 2.24) is 0 Å². The summed E-state index contributed by atoms with van der Waals surface area (Å²) in [5.41, 5.74) is 1.18.